The lowest BCUT2D eigenvalue weighted by Gasteiger charge is -2.19. The number of rotatable bonds is 6. The van der Waals surface area contributed by atoms with Crippen LogP contribution in [0.3, 0.4) is 0 Å². The summed E-state index contributed by atoms with van der Waals surface area (Å²) in [5.41, 5.74) is 1.23. The molecule has 0 aliphatic carbocycles. The van der Waals surface area contributed by atoms with Gasteiger partial charge in [-0.3, -0.25) is 10.1 Å². The third kappa shape index (κ3) is 3.42. The van der Waals surface area contributed by atoms with E-state index in [1.54, 1.807) is 12.1 Å². The Balaban J connectivity index is 2.92. The van der Waals surface area contributed by atoms with E-state index in [9.17, 15) is 10.1 Å². The second kappa shape index (κ2) is 6.20. The van der Waals surface area contributed by atoms with Gasteiger partial charge in [0.15, 0.2) is 0 Å². The summed E-state index contributed by atoms with van der Waals surface area (Å²) in [6, 6.07) is 4.84. The second-order valence-corrected chi connectivity index (χ2v) is 4.00. The molecule has 0 spiro atoms. The van der Waals surface area contributed by atoms with Gasteiger partial charge in [-0.2, -0.15) is 0 Å². The Morgan fingerprint density at radius 2 is 2.18 bits per heavy atom. The lowest BCUT2D eigenvalue weighted by Crippen LogP contribution is -2.18. The average Bonchev–Trinajstić information content (AvgIpc) is 2.34. The molecule has 94 valence electrons. The Morgan fingerprint density at radius 1 is 1.47 bits per heavy atom. The topological polar surface area (TPSA) is 66.6 Å². The summed E-state index contributed by atoms with van der Waals surface area (Å²) in [5.74, 6) is 0. The van der Waals surface area contributed by atoms with Crippen LogP contribution in [-0.2, 0) is 6.61 Å². The first-order valence-electron chi connectivity index (χ1n) is 5.69. The van der Waals surface area contributed by atoms with E-state index in [0.29, 0.717) is 5.56 Å². The number of aliphatic hydroxyl groups excluding tert-OH is 1. The largest absolute Gasteiger partial charge is 0.391 e. The molecule has 0 radical (unpaired) electrons. The van der Waals surface area contributed by atoms with Crippen molar-refractivity contribution in [2.75, 3.05) is 18.5 Å². The van der Waals surface area contributed by atoms with Gasteiger partial charge in [0.2, 0.25) is 0 Å². The minimum atomic E-state index is -0.471. The Labute approximate surface area is 101 Å². The van der Waals surface area contributed by atoms with Gasteiger partial charge >= 0.3 is 0 Å². The number of aliphatic hydroxyl groups is 1. The van der Waals surface area contributed by atoms with Crippen molar-refractivity contribution in [2.24, 2.45) is 0 Å². The van der Waals surface area contributed by atoms with Crippen molar-refractivity contribution in [1.29, 1.82) is 0 Å². The van der Waals surface area contributed by atoms with E-state index in [0.717, 1.165) is 25.1 Å². The first-order chi connectivity index (χ1) is 8.10. The molecule has 0 fully saturated rings. The third-order valence-electron chi connectivity index (χ3n) is 2.72. The predicted octanol–water partition coefficient (Wildman–Crippen LogP) is 2.32. The van der Waals surface area contributed by atoms with E-state index >= 15 is 0 Å². The zero-order chi connectivity index (χ0) is 12.8. The molecule has 0 saturated heterocycles. The van der Waals surface area contributed by atoms with Gasteiger partial charge in [-0.25, -0.2) is 0 Å². The summed E-state index contributed by atoms with van der Waals surface area (Å²) >= 11 is 0. The van der Waals surface area contributed by atoms with Crippen LogP contribution in [0.5, 0.6) is 0 Å². The average molecular weight is 238 g/mol. The smallest absolute Gasteiger partial charge is 0.275 e. The summed E-state index contributed by atoms with van der Waals surface area (Å²) in [6.07, 6.45) is 2.17. The van der Waals surface area contributed by atoms with E-state index in [2.05, 4.69) is 6.92 Å². The number of nitro benzene ring substituents is 1. The van der Waals surface area contributed by atoms with Gasteiger partial charge < -0.3 is 10.0 Å². The lowest BCUT2D eigenvalue weighted by molar-refractivity contribution is -0.385. The maximum absolute atomic E-state index is 10.7. The molecule has 0 atom stereocenters. The molecule has 0 bridgehead atoms. The molecule has 0 heterocycles. The van der Waals surface area contributed by atoms with Gasteiger partial charge in [0.25, 0.3) is 5.69 Å². The minimum Gasteiger partial charge on any atom is -0.391 e. The number of hydrogen-bond donors (Lipinski definition) is 1. The maximum Gasteiger partial charge on any atom is 0.275 e. The highest BCUT2D eigenvalue weighted by Gasteiger charge is 2.14. The van der Waals surface area contributed by atoms with Gasteiger partial charge in [0.05, 0.1) is 17.1 Å². The number of hydrogen-bond acceptors (Lipinski definition) is 4. The van der Waals surface area contributed by atoms with Crippen molar-refractivity contribution in [3.05, 3.63) is 33.9 Å². The zero-order valence-electron chi connectivity index (χ0n) is 10.2. The van der Waals surface area contributed by atoms with Crippen LogP contribution < -0.4 is 4.90 Å². The molecular weight excluding hydrogens is 220 g/mol. The number of anilines is 1. The normalized spacial score (nSPS) is 10.3. The molecule has 0 aliphatic heterocycles. The summed E-state index contributed by atoms with van der Waals surface area (Å²) < 4.78 is 0. The molecule has 1 aromatic carbocycles. The van der Waals surface area contributed by atoms with Crippen LogP contribution in [0.2, 0.25) is 0 Å². The standard InChI is InChI=1S/C12H18N2O3/c1-3-4-7-13(2)11-5-6-12(14(16)17)10(8-11)9-15/h5-6,8,15H,3-4,7,9H2,1-2H3. The molecular formula is C12H18N2O3. The molecule has 0 amide bonds. The molecule has 0 aliphatic rings. The highest BCUT2D eigenvalue weighted by atomic mass is 16.6. The number of unbranched alkanes of at least 4 members (excludes halogenated alkanes) is 1. The molecule has 1 rings (SSSR count). The molecule has 0 aromatic heterocycles. The van der Waals surface area contributed by atoms with Crippen LogP contribution in [-0.4, -0.2) is 23.6 Å². The fourth-order valence-corrected chi connectivity index (χ4v) is 1.64. The van der Waals surface area contributed by atoms with E-state index in [1.165, 1.54) is 6.07 Å². The van der Waals surface area contributed by atoms with Crippen LogP contribution in [0.1, 0.15) is 25.3 Å². The first-order valence-corrected chi connectivity index (χ1v) is 5.69. The minimum absolute atomic E-state index is 0.0276. The number of nitrogens with zero attached hydrogens (tertiary/aromatic N) is 2. The molecule has 5 nitrogen and oxygen atoms in total. The van der Waals surface area contributed by atoms with E-state index in [4.69, 9.17) is 5.11 Å². The van der Waals surface area contributed by atoms with Gasteiger partial charge in [-0.15, -0.1) is 0 Å². The van der Waals surface area contributed by atoms with E-state index < -0.39 is 4.92 Å². The monoisotopic (exact) mass is 238 g/mol. The molecule has 1 aromatic rings. The SMILES string of the molecule is CCCCN(C)c1ccc([N+](=O)[O-])c(CO)c1. The van der Waals surface area contributed by atoms with Crippen LogP contribution in [0.15, 0.2) is 18.2 Å². The first kappa shape index (κ1) is 13.4. The summed E-state index contributed by atoms with van der Waals surface area (Å²) in [6.45, 7) is 2.70. The fraction of sp³-hybridized carbons (Fsp3) is 0.500. The second-order valence-electron chi connectivity index (χ2n) is 4.00. The highest BCUT2D eigenvalue weighted by molar-refractivity contribution is 5.55. The Bertz CT molecular complexity index is 393. The van der Waals surface area contributed by atoms with Crippen molar-refractivity contribution in [3.63, 3.8) is 0 Å². The Hall–Kier alpha value is -1.62. The zero-order valence-corrected chi connectivity index (χ0v) is 10.2. The molecule has 0 saturated carbocycles. The molecule has 1 N–H and O–H groups in total. The van der Waals surface area contributed by atoms with Crippen molar-refractivity contribution in [1.82, 2.24) is 0 Å². The van der Waals surface area contributed by atoms with Crippen molar-refractivity contribution < 1.29 is 10.0 Å². The fourth-order valence-electron chi connectivity index (χ4n) is 1.64. The lowest BCUT2D eigenvalue weighted by atomic mass is 10.1. The molecule has 17 heavy (non-hydrogen) atoms. The van der Waals surface area contributed by atoms with Crippen LogP contribution in [0.25, 0.3) is 0 Å². The van der Waals surface area contributed by atoms with E-state index in [-0.39, 0.29) is 12.3 Å². The summed E-state index contributed by atoms with van der Waals surface area (Å²) in [4.78, 5) is 12.3. The van der Waals surface area contributed by atoms with Crippen molar-refractivity contribution in [3.8, 4) is 0 Å². The quantitative estimate of drug-likeness (QED) is 0.610. The maximum atomic E-state index is 10.7. The predicted molar refractivity (Wildman–Crippen MR) is 67.2 cm³/mol. The van der Waals surface area contributed by atoms with Crippen molar-refractivity contribution in [2.45, 2.75) is 26.4 Å². The third-order valence-corrected chi connectivity index (χ3v) is 2.72. The Morgan fingerprint density at radius 3 is 2.71 bits per heavy atom. The number of benzene rings is 1. The van der Waals surface area contributed by atoms with Crippen molar-refractivity contribution >= 4 is 11.4 Å². The molecule has 0 unspecified atom stereocenters. The van der Waals surface area contributed by atoms with E-state index in [1.807, 2.05) is 11.9 Å². The summed E-state index contributed by atoms with van der Waals surface area (Å²) in [5, 5.41) is 19.8. The van der Waals surface area contributed by atoms with Gasteiger partial charge in [0, 0.05) is 25.3 Å². The number of nitro groups is 1. The van der Waals surface area contributed by atoms with Crippen LogP contribution >= 0.6 is 0 Å². The van der Waals surface area contributed by atoms with Crippen LogP contribution in [0.4, 0.5) is 11.4 Å². The Kier molecular flexibility index (Phi) is 4.90. The molecule has 5 heteroatoms. The van der Waals surface area contributed by atoms with Crippen LogP contribution in [0, 0.1) is 10.1 Å². The van der Waals surface area contributed by atoms with Gasteiger partial charge in [-0.05, 0) is 18.6 Å². The van der Waals surface area contributed by atoms with Gasteiger partial charge in [-0.1, -0.05) is 13.3 Å². The highest BCUT2D eigenvalue weighted by Crippen LogP contribution is 2.24. The van der Waals surface area contributed by atoms with Gasteiger partial charge in [0.1, 0.15) is 0 Å². The summed E-state index contributed by atoms with van der Waals surface area (Å²) in [7, 11) is 1.94.